The van der Waals surface area contributed by atoms with E-state index in [0.717, 1.165) is 5.39 Å². The quantitative estimate of drug-likeness (QED) is 0.900. The molecular formula is C13H14ClN3O2. The lowest BCUT2D eigenvalue weighted by molar-refractivity contribution is -0.138. The van der Waals surface area contributed by atoms with E-state index >= 15 is 0 Å². The van der Waals surface area contributed by atoms with Gasteiger partial charge in [0.05, 0.1) is 5.52 Å². The van der Waals surface area contributed by atoms with Crippen molar-refractivity contribution in [1.82, 2.24) is 9.97 Å². The van der Waals surface area contributed by atoms with Gasteiger partial charge in [-0.3, -0.25) is 0 Å². The number of benzene rings is 1. The van der Waals surface area contributed by atoms with Crippen LogP contribution in [0.25, 0.3) is 10.9 Å². The van der Waals surface area contributed by atoms with E-state index in [9.17, 15) is 9.90 Å². The zero-order valence-electron chi connectivity index (χ0n) is 10.6. The molecule has 0 spiro atoms. The molecule has 0 bridgehead atoms. The molecule has 0 saturated carbocycles. The van der Waals surface area contributed by atoms with Gasteiger partial charge in [-0.2, -0.15) is 0 Å². The number of anilines is 1. The summed E-state index contributed by atoms with van der Waals surface area (Å²) in [7, 11) is 0. The van der Waals surface area contributed by atoms with Crippen LogP contribution >= 0.6 is 11.6 Å². The fourth-order valence-corrected chi connectivity index (χ4v) is 1.97. The van der Waals surface area contributed by atoms with Gasteiger partial charge in [0, 0.05) is 10.4 Å². The molecule has 19 heavy (non-hydrogen) atoms. The van der Waals surface area contributed by atoms with Gasteiger partial charge < -0.3 is 10.4 Å². The highest BCUT2D eigenvalue weighted by atomic mass is 35.5. The van der Waals surface area contributed by atoms with Crippen LogP contribution in [0.15, 0.2) is 24.5 Å². The summed E-state index contributed by atoms with van der Waals surface area (Å²) in [6, 6.07) is 4.52. The molecule has 1 aromatic heterocycles. The molecule has 5 nitrogen and oxygen atoms in total. The minimum absolute atomic E-state index is 0.0604. The van der Waals surface area contributed by atoms with Gasteiger partial charge in [0.2, 0.25) is 0 Å². The van der Waals surface area contributed by atoms with E-state index in [-0.39, 0.29) is 5.92 Å². The number of rotatable bonds is 4. The number of carbonyl (C=O) groups is 1. The number of carboxylic acid groups (broad SMARTS) is 1. The number of hydrogen-bond donors (Lipinski definition) is 2. The van der Waals surface area contributed by atoms with E-state index < -0.39 is 12.0 Å². The molecule has 0 amide bonds. The highest BCUT2D eigenvalue weighted by molar-refractivity contribution is 6.31. The number of nitrogens with one attached hydrogen (secondary N) is 1. The second-order valence-corrected chi connectivity index (χ2v) is 5.02. The number of carboxylic acids is 1. The molecule has 0 fully saturated rings. The van der Waals surface area contributed by atoms with Gasteiger partial charge >= 0.3 is 5.97 Å². The first-order valence-corrected chi connectivity index (χ1v) is 6.26. The van der Waals surface area contributed by atoms with Crippen molar-refractivity contribution < 1.29 is 9.90 Å². The van der Waals surface area contributed by atoms with Crippen molar-refractivity contribution in [1.29, 1.82) is 0 Å². The zero-order valence-corrected chi connectivity index (χ0v) is 11.3. The lowest BCUT2D eigenvalue weighted by atomic mass is 10.0. The van der Waals surface area contributed by atoms with Gasteiger partial charge in [0.15, 0.2) is 0 Å². The Hall–Kier alpha value is -1.88. The van der Waals surface area contributed by atoms with Gasteiger partial charge in [0.25, 0.3) is 0 Å². The minimum atomic E-state index is -0.907. The minimum Gasteiger partial charge on any atom is -0.480 e. The predicted octanol–water partition coefficient (Wildman–Crippen LogP) is 2.80. The Morgan fingerprint density at radius 1 is 1.37 bits per heavy atom. The maximum Gasteiger partial charge on any atom is 0.326 e. The third-order valence-corrected chi connectivity index (χ3v) is 3.06. The highest BCUT2D eigenvalue weighted by Gasteiger charge is 2.22. The summed E-state index contributed by atoms with van der Waals surface area (Å²) in [5.74, 6) is -0.465. The molecule has 1 aromatic carbocycles. The molecule has 0 radical (unpaired) electrons. The number of aliphatic carboxylic acids is 1. The Bertz CT molecular complexity index is 616. The Kier molecular flexibility index (Phi) is 3.85. The topological polar surface area (TPSA) is 75.1 Å². The SMILES string of the molecule is CC(C)[C@@H](Nc1ncnc2cc(Cl)ccc12)C(=O)O. The average Bonchev–Trinajstić information content (AvgIpc) is 2.34. The third-order valence-electron chi connectivity index (χ3n) is 2.82. The lowest BCUT2D eigenvalue weighted by Crippen LogP contribution is -2.34. The summed E-state index contributed by atoms with van der Waals surface area (Å²) < 4.78 is 0. The monoisotopic (exact) mass is 279 g/mol. The predicted molar refractivity (Wildman–Crippen MR) is 74.4 cm³/mol. The van der Waals surface area contributed by atoms with Gasteiger partial charge in [-0.05, 0) is 24.1 Å². The number of hydrogen-bond acceptors (Lipinski definition) is 4. The van der Waals surface area contributed by atoms with E-state index in [0.29, 0.717) is 16.4 Å². The van der Waals surface area contributed by atoms with Crippen LogP contribution in [0.1, 0.15) is 13.8 Å². The van der Waals surface area contributed by atoms with Crippen LogP contribution in [-0.2, 0) is 4.79 Å². The summed E-state index contributed by atoms with van der Waals surface area (Å²) in [6.45, 7) is 3.68. The van der Waals surface area contributed by atoms with Crippen LogP contribution < -0.4 is 5.32 Å². The van der Waals surface area contributed by atoms with Crippen molar-refractivity contribution in [3.8, 4) is 0 Å². The molecule has 2 aromatic rings. The molecule has 0 aliphatic rings. The number of nitrogens with zero attached hydrogens (tertiary/aromatic N) is 2. The highest BCUT2D eigenvalue weighted by Crippen LogP contribution is 2.23. The lowest BCUT2D eigenvalue weighted by Gasteiger charge is -2.19. The maximum atomic E-state index is 11.2. The van der Waals surface area contributed by atoms with Crippen LogP contribution in [0.2, 0.25) is 5.02 Å². The van der Waals surface area contributed by atoms with Gasteiger partial charge in [-0.15, -0.1) is 0 Å². The van der Waals surface area contributed by atoms with Crippen LogP contribution in [0, 0.1) is 5.92 Å². The molecule has 6 heteroatoms. The molecule has 2 rings (SSSR count). The largest absolute Gasteiger partial charge is 0.480 e. The number of halogens is 1. The van der Waals surface area contributed by atoms with Gasteiger partial charge in [-0.1, -0.05) is 25.4 Å². The van der Waals surface area contributed by atoms with E-state index in [4.69, 9.17) is 11.6 Å². The first-order chi connectivity index (χ1) is 8.99. The fourth-order valence-electron chi connectivity index (χ4n) is 1.81. The van der Waals surface area contributed by atoms with Crippen molar-refractivity contribution in [2.75, 3.05) is 5.32 Å². The zero-order chi connectivity index (χ0) is 14.0. The van der Waals surface area contributed by atoms with Crippen LogP contribution in [0.3, 0.4) is 0 Å². The van der Waals surface area contributed by atoms with Crippen LogP contribution in [0.4, 0.5) is 5.82 Å². The molecule has 0 saturated heterocycles. The van der Waals surface area contributed by atoms with E-state index in [1.54, 1.807) is 18.2 Å². The van der Waals surface area contributed by atoms with Crippen molar-refractivity contribution in [2.24, 2.45) is 5.92 Å². The van der Waals surface area contributed by atoms with E-state index in [2.05, 4.69) is 15.3 Å². The van der Waals surface area contributed by atoms with Crippen LogP contribution in [-0.4, -0.2) is 27.1 Å². The number of aromatic nitrogens is 2. The van der Waals surface area contributed by atoms with Crippen molar-refractivity contribution >= 4 is 34.3 Å². The smallest absolute Gasteiger partial charge is 0.326 e. The summed E-state index contributed by atoms with van der Waals surface area (Å²) >= 11 is 5.90. The summed E-state index contributed by atoms with van der Waals surface area (Å²) in [4.78, 5) is 19.4. The third kappa shape index (κ3) is 2.93. The van der Waals surface area contributed by atoms with Crippen molar-refractivity contribution in [3.63, 3.8) is 0 Å². The Morgan fingerprint density at radius 2 is 2.11 bits per heavy atom. The summed E-state index contributed by atoms with van der Waals surface area (Å²) in [6.07, 6.45) is 1.39. The molecule has 100 valence electrons. The van der Waals surface area contributed by atoms with E-state index in [1.165, 1.54) is 6.33 Å². The summed E-state index contributed by atoms with van der Waals surface area (Å²) in [5, 5.41) is 13.5. The maximum absolute atomic E-state index is 11.2. The first-order valence-electron chi connectivity index (χ1n) is 5.88. The normalized spacial score (nSPS) is 12.6. The molecule has 0 aliphatic heterocycles. The van der Waals surface area contributed by atoms with Gasteiger partial charge in [-0.25, -0.2) is 14.8 Å². The molecule has 0 unspecified atom stereocenters. The fraction of sp³-hybridized carbons (Fsp3) is 0.308. The first kappa shape index (κ1) is 13.5. The molecule has 0 aliphatic carbocycles. The van der Waals surface area contributed by atoms with Gasteiger partial charge in [0.1, 0.15) is 18.2 Å². The summed E-state index contributed by atoms with van der Waals surface area (Å²) in [5.41, 5.74) is 0.679. The molecule has 2 N–H and O–H groups in total. The molecule has 1 heterocycles. The average molecular weight is 280 g/mol. The van der Waals surface area contributed by atoms with E-state index in [1.807, 2.05) is 13.8 Å². The Balaban J connectivity index is 2.42. The second kappa shape index (κ2) is 5.40. The Labute approximate surface area is 115 Å². The number of fused-ring (bicyclic) bond motifs is 1. The van der Waals surface area contributed by atoms with Crippen molar-refractivity contribution in [2.45, 2.75) is 19.9 Å². The van der Waals surface area contributed by atoms with Crippen molar-refractivity contribution in [3.05, 3.63) is 29.5 Å². The Morgan fingerprint density at radius 3 is 2.74 bits per heavy atom. The van der Waals surface area contributed by atoms with Crippen LogP contribution in [0.5, 0.6) is 0 Å². The molecular weight excluding hydrogens is 266 g/mol. The standard InChI is InChI=1S/C13H14ClN3O2/c1-7(2)11(13(18)19)17-12-9-4-3-8(14)5-10(9)15-6-16-12/h3-7,11H,1-2H3,(H,18,19)(H,15,16,17)/t11-/m1/s1. The molecule has 1 atom stereocenters. The second-order valence-electron chi connectivity index (χ2n) is 4.59.